The third-order valence-corrected chi connectivity index (χ3v) is 4.43. The lowest BCUT2D eigenvalue weighted by atomic mass is 10.0. The molecule has 1 atom stereocenters. The van der Waals surface area contributed by atoms with Crippen LogP contribution in [0.25, 0.3) is 0 Å². The molecule has 1 N–H and O–H groups in total. The molecule has 1 rings (SSSR count). The standard InChI is InChI=1S/C17H29BrN2/c1-12(2)13(3)20(7)16-9-8-14(10-15(16)18)11-19-17(4,5)6/h8-10,12-13,19H,11H2,1-7H3. The van der Waals surface area contributed by atoms with Crippen LogP contribution in [0, 0.1) is 5.92 Å². The molecule has 114 valence electrons. The molecule has 0 heterocycles. The fourth-order valence-corrected chi connectivity index (χ4v) is 2.69. The van der Waals surface area contributed by atoms with Crippen molar-refractivity contribution in [2.45, 2.75) is 59.7 Å². The number of rotatable bonds is 5. The molecule has 3 heteroatoms. The Hall–Kier alpha value is -0.540. The largest absolute Gasteiger partial charge is 0.371 e. The highest BCUT2D eigenvalue weighted by molar-refractivity contribution is 9.10. The van der Waals surface area contributed by atoms with Gasteiger partial charge in [-0.15, -0.1) is 0 Å². The van der Waals surface area contributed by atoms with Gasteiger partial charge in [-0.25, -0.2) is 0 Å². The fraction of sp³-hybridized carbons (Fsp3) is 0.647. The Bertz CT molecular complexity index is 435. The lowest BCUT2D eigenvalue weighted by Gasteiger charge is -2.31. The average Bonchev–Trinajstić information content (AvgIpc) is 2.33. The summed E-state index contributed by atoms with van der Waals surface area (Å²) in [5.74, 6) is 0.633. The molecule has 0 aliphatic rings. The number of nitrogens with zero attached hydrogens (tertiary/aromatic N) is 1. The summed E-state index contributed by atoms with van der Waals surface area (Å²) in [4.78, 5) is 2.34. The van der Waals surface area contributed by atoms with Crippen LogP contribution in [-0.4, -0.2) is 18.6 Å². The molecule has 0 aliphatic heterocycles. The summed E-state index contributed by atoms with van der Waals surface area (Å²) in [5, 5.41) is 3.52. The average molecular weight is 341 g/mol. The highest BCUT2D eigenvalue weighted by atomic mass is 79.9. The number of nitrogens with one attached hydrogen (secondary N) is 1. The van der Waals surface area contributed by atoms with E-state index in [9.17, 15) is 0 Å². The lowest BCUT2D eigenvalue weighted by Crippen LogP contribution is -2.35. The second-order valence-electron chi connectivity index (χ2n) is 6.98. The first-order chi connectivity index (χ1) is 9.11. The van der Waals surface area contributed by atoms with Crippen molar-refractivity contribution >= 4 is 21.6 Å². The quantitative estimate of drug-likeness (QED) is 0.826. The first-order valence-electron chi connectivity index (χ1n) is 7.38. The van der Waals surface area contributed by atoms with Gasteiger partial charge in [-0.05, 0) is 67.2 Å². The predicted molar refractivity (Wildman–Crippen MR) is 93.4 cm³/mol. The monoisotopic (exact) mass is 340 g/mol. The van der Waals surface area contributed by atoms with Crippen molar-refractivity contribution in [3.05, 3.63) is 28.2 Å². The van der Waals surface area contributed by atoms with E-state index in [0.29, 0.717) is 12.0 Å². The van der Waals surface area contributed by atoms with Gasteiger partial charge in [-0.3, -0.25) is 0 Å². The number of halogens is 1. The summed E-state index contributed by atoms with van der Waals surface area (Å²) in [6.45, 7) is 14.3. The van der Waals surface area contributed by atoms with Gasteiger partial charge in [0, 0.05) is 29.6 Å². The summed E-state index contributed by atoms with van der Waals surface area (Å²) in [6, 6.07) is 7.16. The molecule has 0 fully saturated rings. The number of anilines is 1. The number of hydrogen-bond acceptors (Lipinski definition) is 2. The van der Waals surface area contributed by atoms with Crippen molar-refractivity contribution in [3.63, 3.8) is 0 Å². The zero-order valence-electron chi connectivity index (χ0n) is 13.9. The highest BCUT2D eigenvalue weighted by Crippen LogP contribution is 2.29. The minimum atomic E-state index is 0.147. The lowest BCUT2D eigenvalue weighted by molar-refractivity contribution is 0.424. The summed E-state index contributed by atoms with van der Waals surface area (Å²) in [5.41, 5.74) is 2.71. The van der Waals surface area contributed by atoms with E-state index in [0.717, 1.165) is 6.54 Å². The van der Waals surface area contributed by atoms with Crippen molar-refractivity contribution in [2.24, 2.45) is 5.92 Å². The van der Waals surface area contributed by atoms with E-state index in [1.165, 1.54) is 15.7 Å². The van der Waals surface area contributed by atoms with Crippen molar-refractivity contribution < 1.29 is 0 Å². The SMILES string of the molecule is CC(C)C(C)N(C)c1ccc(CNC(C)(C)C)cc1Br. The Labute approximate surface area is 133 Å². The van der Waals surface area contributed by atoms with Crippen LogP contribution in [0.3, 0.4) is 0 Å². The molecule has 1 aromatic rings. The van der Waals surface area contributed by atoms with Crippen LogP contribution in [0.2, 0.25) is 0 Å². The second kappa shape index (κ2) is 6.95. The van der Waals surface area contributed by atoms with E-state index < -0.39 is 0 Å². The summed E-state index contributed by atoms with van der Waals surface area (Å²) >= 11 is 3.72. The van der Waals surface area contributed by atoms with Gasteiger partial charge >= 0.3 is 0 Å². The predicted octanol–water partition coefficient (Wildman–Crippen LogP) is 4.82. The minimum Gasteiger partial charge on any atom is -0.371 e. The van der Waals surface area contributed by atoms with E-state index in [4.69, 9.17) is 0 Å². The van der Waals surface area contributed by atoms with Gasteiger partial charge in [0.15, 0.2) is 0 Å². The van der Waals surface area contributed by atoms with Gasteiger partial charge in [0.2, 0.25) is 0 Å². The van der Waals surface area contributed by atoms with Crippen LogP contribution in [0.15, 0.2) is 22.7 Å². The molecule has 0 saturated carbocycles. The molecular weight excluding hydrogens is 312 g/mol. The molecule has 1 unspecified atom stereocenters. The van der Waals surface area contributed by atoms with Crippen molar-refractivity contribution in [1.82, 2.24) is 5.32 Å². The van der Waals surface area contributed by atoms with Gasteiger partial charge < -0.3 is 10.2 Å². The van der Waals surface area contributed by atoms with E-state index in [1.807, 2.05) is 0 Å². The van der Waals surface area contributed by atoms with Gasteiger partial charge in [0.05, 0.1) is 5.69 Å². The highest BCUT2D eigenvalue weighted by Gasteiger charge is 2.16. The molecule has 20 heavy (non-hydrogen) atoms. The minimum absolute atomic E-state index is 0.147. The van der Waals surface area contributed by atoms with E-state index in [-0.39, 0.29) is 5.54 Å². The van der Waals surface area contributed by atoms with E-state index in [1.54, 1.807) is 0 Å². The topological polar surface area (TPSA) is 15.3 Å². The maximum Gasteiger partial charge on any atom is 0.0510 e. The molecule has 0 spiro atoms. The molecule has 0 aromatic heterocycles. The van der Waals surface area contributed by atoms with Crippen LogP contribution >= 0.6 is 15.9 Å². The van der Waals surface area contributed by atoms with Crippen LogP contribution in [0.4, 0.5) is 5.69 Å². The Morgan fingerprint density at radius 3 is 2.25 bits per heavy atom. The molecule has 2 nitrogen and oxygen atoms in total. The van der Waals surface area contributed by atoms with Crippen molar-refractivity contribution in [1.29, 1.82) is 0 Å². The number of hydrogen-bond donors (Lipinski definition) is 1. The number of benzene rings is 1. The maximum absolute atomic E-state index is 3.72. The maximum atomic E-state index is 3.72. The van der Waals surface area contributed by atoms with Gasteiger partial charge in [-0.1, -0.05) is 19.9 Å². The molecular formula is C17H29BrN2. The smallest absolute Gasteiger partial charge is 0.0510 e. The van der Waals surface area contributed by atoms with Crippen molar-refractivity contribution in [2.75, 3.05) is 11.9 Å². The van der Waals surface area contributed by atoms with Crippen LogP contribution in [0.5, 0.6) is 0 Å². The molecule has 0 amide bonds. The van der Waals surface area contributed by atoms with Crippen LogP contribution in [-0.2, 0) is 6.54 Å². The normalized spacial score (nSPS) is 13.7. The summed E-state index contributed by atoms with van der Waals surface area (Å²) in [7, 11) is 2.16. The van der Waals surface area contributed by atoms with E-state index in [2.05, 4.69) is 92.9 Å². The molecule has 0 radical (unpaired) electrons. The van der Waals surface area contributed by atoms with Gasteiger partial charge in [-0.2, -0.15) is 0 Å². The Morgan fingerprint density at radius 1 is 1.20 bits per heavy atom. The summed E-state index contributed by atoms with van der Waals surface area (Å²) in [6.07, 6.45) is 0. The third kappa shape index (κ3) is 5.10. The Morgan fingerprint density at radius 2 is 1.80 bits per heavy atom. The Balaban J connectivity index is 2.83. The van der Waals surface area contributed by atoms with Gasteiger partial charge in [0.1, 0.15) is 0 Å². The molecule has 0 bridgehead atoms. The molecule has 0 aliphatic carbocycles. The van der Waals surface area contributed by atoms with E-state index >= 15 is 0 Å². The third-order valence-electron chi connectivity index (χ3n) is 3.79. The van der Waals surface area contributed by atoms with Crippen LogP contribution < -0.4 is 10.2 Å². The summed E-state index contributed by atoms with van der Waals surface area (Å²) < 4.78 is 1.17. The van der Waals surface area contributed by atoms with Crippen molar-refractivity contribution in [3.8, 4) is 0 Å². The first-order valence-corrected chi connectivity index (χ1v) is 8.17. The fourth-order valence-electron chi connectivity index (χ4n) is 1.98. The Kier molecular flexibility index (Phi) is 6.08. The second-order valence-corrected chi connectivity index (χ2v) is 7.84. The zero-order valence-corrected chi connectivity index (χ0v) is 15.5. The zero-order chi connectivity index (χ0) is 15.5. The first kappa shape index (κ1) is 17.5. The molecule has 1 aromatic carbocycles. The molecule has 0 saturated heterocycles. The van der Waals surface area contributed by atoms with Crippen LogP contribution in [0.1, 0.15) is 47.1 Å². The van der Waals surface area contributed by atoms with Gasteiger partial charge in [0.25, 0.3) is 0 Å².